The quantitative estimate of drug-likeness (QED) is 0.849. The summed E-state index contributed by atoms with van der Waals surface area (Å²) in [5.41, 5.74) is 3.23. The highest BCUT2D eigenvalue weighted by Gasteiger charge is 2.06. The fourth-order valence-corrected chi connectivity index (χ4v) is 2.05. The maximum atomic E-state index is 5.99. The number of ether oxygens (including phenoxy) is 2. The van der Waals surface area contributed by atoms with E-state index in [-0.39, 0.29) is 0 Å². The van der Waals surface area contributed by atoms with Gasteiger partial charge in [0.1, 0.15) is 11.5 Å². The van der Waals surface area contributed by atoms with E-state index in [1.807, 2.05) is 38.4 Å². The van der Waals surface area contributed by atoms with Crippen LogP contribution in [0.5, 0.6) is 11.5 Å². The molecule has 0 unspecified atom stereocenters. The van der Waals surface area contributed by atoms with Crippen molar-refractivity contribution in [3.05, 3.63) is 53.3 Å². The SMILES string of the molecule is CNCc1cnc(C)cc1Oc1ccc(CCOC)cc1. The van der Waals surface area contributed by atoms with Gasteiger partial charge in [0, 0.05) is 37.2 Å². The molecule has 0 spiro atoms. The molecule has 21 heavy (non-hydrogen) atoms. The van der Waals surface area contributed by atoms with Gasteiger partial charge in [0.2, 0.25) is 0 Å². The monoisotopic (exact) mass is 286 g/mol. The minimum absolute atomic E-state index is 0.731. The number of pyridine rings is 1. The van der Waals surface area contributed by atoms with Gasteiger partial charge in [-0.15, -0.1) is 0 Å². The van der Waals surface area contributed by atoms with Gasteiger partial charge < -0.3 is 14.8 Å². The molecule has 0 saturated carbocycles. The molecule has 0 radical (unpaired) electrons. The molecule has 2 rings (SSSR count). The summed E-state index contributed by atoms with van der Waals surface area (Å²) < 4.78 is 11.1. The molecule has 0 amide bonds. The van der Waals surface area contributed by atoms with Crippen LogP contribution in [-0.4, -0.2) is 25.7 Å². The van der Waals surface area contributed by atoms with Crippen LogP contribution in [-0.2, 0) is 17.7 Å². The molecule has 1 N–H and O–H groups in total. The Morgan fingerprint density at radius 2 is 1.95 bits per heavy atom. The van der Waals surface area contributed by atoms with E-state index in [9.17, 15) is 0 Å². The first kappa shape index (κ1) is 15.5. The van der Waals surface area contributed by atoms with Crippen molar-refractivity contribution in [2.75, 3.05) is 20.8 Å². The number of aromatic nitrogens is 1. The highest BCUT2D eigenvalue weighted by molar-refractivity contribution is 5.38. The van der Waals surface area contributed by atoms with Crippen LogP contribution in [0, 0.1) is 6.92 Å². The third-order valence-corrected chi connectivity index (χ3v) is 3.19. The van der Waals surface area contributed by atoms with E-state index in [2.05, 4.69) is 22.4 Å². The highest BCUT2D eigenvalue weighted by atomic mass is 16.5. The zero-order valence-corrected chi connectivity index (χ0v) is 12.8. The average Bonchev–Trinajstić information content (AvgIpc) is 2.49. The van der Waals surface area contributed by atoms with Crippen LogP contribution < -0.4 is 10.1 Å². The van der Waals surface area contributed by atoms with Crippen LogP contribution in [0.2, 0.25) is 0 Å². The number of methoxy groups -OCH3 is 1. The number of nitrogens with zero attached hydrogens (tertiary/aromatic N) is 1. The molecule has 4 nitrogen and oxygen atoms in total. The molecule has 0 aliphatic carbocycles. The Hall–Kier alpha value is -1.91. The standard InChI is InChI=1S/C17H22N2O2/c1-13-10-17(15(11-18-2)12-19-13)21-16-6-4-14(5-7-16)8-9-20-3/h4-7,10,12,18H,8-9,11H2,1-3H3. The summed E-state index contributed by atoms with van der Waals surface area (Å²) in [7, 11) is 3.63. The summed E-state index contributed by atoms with van der Waals surface area (Å²) in [6.07, 6.45) is 2.77. The summed E-state index contributed by atoms with van der Waals surface area (Å²) in [5, 5.41) is 3.13. The number of nitrogens with one attached hydrogen (secondary N) is 1. The highest BCUT2D eigenvalue weighted by Crippen LogP contribution is 2.26. The second-order valence-corrected chi connectivity index (χ2v) is 4.95. The van der Waals surface area contributed by atoms with Crippen molar-refractivity contribution in [3.8, 4) is 11.5 Å². The summed E-state index contributed by atoms with van der Waals surface area (Å²) >= 11 is 0. The zero-order chi connectivity index (χ0) is 15.1. The fraction of sp³-hybridized carbons (Fsp3) is 0.353. The van der Waals surface area contributed by atoms with Crippen molar-refractivity contribution in [1.29, 1.82) is 0 Å². The van der Waals surface area contributed by atoms with E-state index in [1.165, 1.54) is 5.56 Å². The summed E-state index contributed by atoms with van der Waals surface area (Å²) in [6.45, 7) is 3.43. The first-order valence-electron chi connectivity index (χ1n) is 7.09. The Bertz CT molecular complexity index is 568. The van der Waals surface area contributed by atoms with Gasteiger partial charge in [-0.05, 0) is 38.1 Å². The van der Waals surface area contributed by atoms with Gasteiger partial charge in [-0.2, -0.15) is 0 Å². The van der Waals surface area contributed by atoms with Crippen molar-refractivity contribution >= 4 is 0 Å². The largest absolute Gasteiger partial charge is 0.457 e. The van der Waals surface area contributed by atoms with Gasteiger partial charge in [-0.3, -0.25) is 4.98 Å². The number of rotatable bonds is 7. The van der Waals surface area contributed by atoms with Gasteiger partial charge in [0.25, 0.3) is 0 Å². The second-order valence-electron chi connectivity index (χ2n) is 4.95. The lowest BCUT2D eigenvalue weighted by molar-refractivity contribution is 0.202. The van der Waals surface area contributed by atoms with E-state index in [0.717, 1.165) is 42.3 Å². The Balaban J connectivity index is 2.12. The zero-order valence-electron chi connectivity index (χ0n) is 12.8. The Morgan fingerprint density at radius 1 is 1.19 bits per heavy atom. The molecule has 0 aliphatic rings. The third-order valence-electron chi connectivity index (χ3n) is 3.19. The Morgan fingerprint density at radius 3 is 2.62 bits per heavy atom. The molecule has 2 aromatic rings. The van der Waals surface area contributed by atoms with E-state index in [1.54, 1.807) is 7.11 Å². The minimum Gasteiger partial charge on any atom is -0.457 e. The number of hydrogen-bond donors (Lipinski definition) is 1. The van der Waals surface area contributed by atoms with Crippen LogP contribution >= 0.6 is 0 Å². The van der Waals surface area contributed by atoms with Crippen molar-refractivity contribution in [1.82, 2.24) is 10.3 Å². The molecule has 1 aromatic carbocycles. The first-order valence-corrected chi connectivity index (χ1v) is 7.09. The smallest absolute Gasteiger partial charge is 0.135 e. The number of hydrogen-bond acceptors (Lipinski definition) is 4. The van der Waals surface area contributed by atoms with Crippen molar-refractivity contribution in [2.45, 2.75) is 19.9 Å². The maximum absolute atomic E-state index is 5.99. The van der Waals surface area contributed by atoms with E-state index < -0.39 is 0 Å². The van der Waals surface area contributed by atoms with Crippen molar-refractivity contribution < 1.29 is 9.47 Å². The van der Waals surface area contributed by atoms with Crippen LogP contribution in [0.25, 0.3) is 0 Å². The fourth-order valence-electron chi connectivity index (χ4n) is 2.05. The molecule has 1 heterocycles. The van der Waals surface area contributed by atoms with Crippen LogP contribution in [0.4, 0.5) is 0 Å². The minimum atomic E-state index is 0.731. The Labute approximate surface area is 126 Å². The predicted molar refractivity (Wildman–Crippen MR) is 83.8 cm³/mol. The summed E-state index contributed by atoms with van der Waals surface area (Å²) in [4.78, 5) is 4.31. The van der Waals surface area contributed by atoms with E-state index in [4.69, 9.17) is 9.47 Å². The topological polar surface area (TPSA) is 43.4 Å². The normalized spacial score (nSPS) is 10.6. The second kappa shape index (κ2) is 7.76. The maximum Gasteiger partial charge on any atom is 0.135 e. The molecule has 4 heteroatoms. The van der Waals surface area contributed by atoms with Gasteiger partial charge in [-0.25, -0.2) is 0 Å². The van der Waals surface area contributed by atoms with Crippen LogP contribution in [0.1, 0.15) is 16.8 Å². The van der Waals surface area contributed by atoms with E-state index in [0.29, 0.717) is 0 Å². The molecular formula is C17H22N2O2. The third kappa shape index (κ3) is 4.55. The van der Waals surface area contributed by atoms with Crippen LogP contribution in [0.15, 0.2) is 36.5 Å². The van der Waals surface area contributed by atoms with Gasteiger partial charge in [-0.1, -0.05) is 12.1 Å². The Kier molecular flexibility index (Phi) is 5.72. The predicted octanol–water partition coefficient (Wildman–Crippen LogP) is 3.09. The van der Waals surface area contributed by atoms with Crippen molar-refractivity contribution in [2.24, 2.45) is 0 Å². The molecule has 112 valence electrons. The molecular weight excluding hydrogens is 264 g/mol. The van der Waals surface area contributed by atoms with Gasteiger partial charge in [0.05, 0.1) is 6.61 Å². The van der Waals surface area contributed by atoms with Crippen LogP contribution in [0.3, 0.4) is 0 Å². The summed E-state index contributed by atoms with van der Waals surface area (Å²) in [6, 6.07) is 10.1. The molecule has 0 bridgehead atoms. The molecule has 1 aromatic heterocycles. The molecule has 0 saturated heterocycles. The molecule has 0 fully saturated rings. The first-order chi connectivity index (χ1) is 10.2. The lowest BCUT2D eigenvalue weighted by Gasteiger charge is -2.12. The molecule has 0 atom stereocenters. The molecule has 0 aliphatic heterocycles. The van der Waals surface area contributed by atoms with Crippen molar-refractivity contribution in [3.63, 3.8) is 0 Å². The summed E-state index contributed by atoms with van der Waals surface area (Å²) in [5.74, 6) is 1.68. The lowest BCUT2D eigenvalue weighted by atomic mass is 10.1. The number of benzene rings is 1. The van der Waals surface area contributed by atoms with Gasteiger partial charge in [0.15, 0.2) is 0 Å². The van der Waals surface area contributed by atoms with E-state index >= 15 is 0 Å². The van der Waals surface area contributed by atoms with Gasteiger partial charge >= 0.3 is 0 Å². The number of aryl methyl sites for hydroxylation is 1. The lowest BCUT2D eigenvalue weighted by Crippen LogP contribution is -2.07. The average molecular weight is 286 g/mol.